The van der Waals surface area contributed by atoms with Gasteiger partial charge in [-0.05, 0) is 42.0 Å². The number of nitrogens with two attached hydrogens (primary N) is 1. The zero-order valence-corrected chi connectivity index (χ0v) is 14.8. The number of nitrogens with zero attached hydrogens (tertiary/aromatic N) is 4. The normalized spacial score (nSPS) is 10.4. The number of ether oxygens (including phenoxy) is 1. The molecule has 3 rings (SSSR count). The fraction of sp³-hybridized carbons (Fsp3) is 0.167. The number of aromatic nitrogens is 4. The highest BCUT2D eigenvalue weighted by Crippen LogP contribution is 2.25. The summed E-state index contributed by atoms with van der Waals surface area (Å²) in [4.78, 5) is 24.6. The lowest BCUT2D eigenvalue weighted by Crippen LogP contribution is -2.20. The van der Waals surface area contributed by atoms with Crippen molar-refractivity contribution in [2.24, 2.45) is 5.73 Å². The van der Waals surface area contributed by atoms with Crippen LogP contribution >= 0.6 is 0 Å². The molecule has 27 heavy (non-hydrogen) atoms. The Morgan fingerprint density at radius 2 is 1.93 bits per heavy atom. The van der Waals surface area contributed by atoms with E-state index in [2.05, 4.69) is 20.7 Å². The summed E-state index contributed by atoms with van der Waals surface area (Å²) in [5.74, 6) is 0.0797. The predicted octanol–water partition coefficient (Wildman–Crippen LogP) is 1.39. The fourth-order valence-corrected chi connectivity index (χ4v) is 2.45. The number of anilines is 1. The lowest BCUT2D eigenvalue weighted by molar-refractivity contribution is -0.117. The molecule has 3 N–H and O–H groups in total. The average molecular weight is 366 g/mol. The number of hydrogen-bond donors (Lipinski definition) is 2. The van der Waals surface area contributed by atoms with Crippen LogP contribution in [0.4, 0.5) is 5.69 Å². The first-order chi connectivity index (χ1) is 13.0. The summed E-state index contributed by atoms with van der Waals surface area (Å²) >= 11 is 0. The molecule has 0 aliphatic carbocycles. The summed E-state index contributed by atoms with van der Waals surface area (Å²) in [6, 6.07) is 12.0. The Labute approximate surface area is 155 Å². The number of aryl methyl sites for hydroxylation is 1. The molecule has 0 aliphatic heterocycles. The van der Waals surface area contributed by atoms with Crippen molar-refractivity contribution in [3.63, 3.8) is 0 Å². The highest BCUT2D eigenvalue weighted by Gasteiger charge is 2.12. The maximum atomic E-state index is 12.3. The molecule has 0 saturated carbocycles. The Kier molecular flexibility index (Phi) is 5.11. The number of carbonyl (C=O) groups is 2. The summed E-state index contributed by atoms with van der Waals surface area (Å²) in [6.07, 6.45) is 0. The van der Waals surface area contributed by atoms with Gasteiger partial charge in [0.25, 0.3) is 0 Å². The van der Waals surface area contributed by atoms with Crippen molar-refractivity contribution >= 4 is 17.5 Å². The third-order valence-electron chi connectivity index (χ3n) is 3.79. The predicted molar refractivity (Wildman–Crippen MR) is 98.1 cm³/mol. The molecule has 0 spiro atoms. The third kappa shape index (κ3) is 4.27. The Balaban J connectivity index is 1.69. The van der Waals surface area contributed by atoms with Crippen molar-refractivity contribution in [2.75, 3.05) is 12.4 Å². The van der Waals surface area contributed by atoms with E-state index in [1.54, 1.807) is 30.3 Å². The lowest BCUT2D eigenvalue weighted by Gasteiger charge is -2.10. The lowest BCUT2D eigenvalue weighted by atomic mass is 10.1. The van der Waals surface area contributed by atoms with Gasteiger partial charge >= 0.3 is 0 Å². The van der Waals surface area contributed by atoms with Crippen molar-refractivity contribution in [2.45, 2.75) is 13.5 Å². The van der Waals surface area contributed by atoms with Crippen molar-refractivity contribution in [3.05, 3.63) is 53.6 Å². The molecule has 1 heterocycles. The topological polar surface area (TPSA) is 125 Å². The molecule has 0 atom stereocenters. The van der Waals surface area contributed by atoms with E-state index in [0.29, 0.717) is 28.4 Å². The molecule has 138 valence electrons. The second kappa shape index (κ2) is 7.65. The zero-order chi connectivity index (χ0) is 19.4. The molecule has 3 aromatic rings. The van der Waals surface area contributed by atoms with Crippen LogP contribution in [0.3, 0.4) is 0 Å². The minimum Gasteiger partial charge on any atom is -0.495 e. The highest BCUT2D eigenvalue weighted by molar-refractivity contribution is 5.93. The number of nitrogens with one attached hydrogen (secondary N) is 1. The van der Waals surface area contributed by atoms with Gasteiger partial charge in [-0.25, -0.2) is 0 Å². The van der Waals surface area contributed by atoms with Crippen LogP contribution in [0.1, 0.15) is 15.9 Å². The van der Waals surface area contributed by atoms with E-state index in [0.717, 1.165) is 5.56 Å². The smallest absolute Gasteiger partial charge is 0.248 e. The number of hydrogen-bond acceptors (Lipinski definition) is 6. The Hall–Kier alpha value is -3.75. The first-order valence-corrected chi connectivity index (χ1v) is 8.09. The summed E-state index contributed by atoms with van der Waals surface area (Å²) < 4.78 is 5.24. The molecule has 1 aromatic heterocycles. The number of primary amides is 1. The minimum atomic E-state index is -0.513. The van der Waals surface area contributed by atoms with Gasteiger partial charge in [0.2, 0.25) is 17.6 Å². The number of tetrazole rings is 1. The van der Waals surface area contributed by atoms with Gasteiger partial charge in [0, 0.05) is 11.1 Å². The summed E-state index contributed by atoms with van der Waals surface area (Å²) in [6.45, 7) is 1.81. The van der Waals surface area contributed by atoms with Gasteiger partial charge in [0.05, 0.1) is 12.8 Å². The average Bonchev–Trinajstić information content (AvgIpc) is 3.10. The van der Waals surface area contributed by atoms with Crippen molar-refractivity contribution in [1.29, 1.82) is 0 Å². The van der Waals surface area contributed by atoms with E-state index in [1.165, 1.54) is 11.9 Å². The summed E-state index contributed by atoms with van der Waals surface area (Å²) in [5, 5.41) is 14.8. The van der Waals surface area contributed by atoms with Gasteiger partial charge in [-0.3, -0.25) is 9.59 Å². The van der Waals surface area contributed by atoms with Crippen molar-refractivity contribution in [1.82, 2.24) is 20.2 Å². The van der Waals surface area contributed by atoms with Crippen LogP contribution in [0.25, 0.3) is 11.4 Å². The Morgan fingerprint density at radius 1 is 1.19 bits per heavy atom. The Morgan fingerprint density at radius 3 is 2.59 bits per heavy atom. The molecular formula is C18H18N6O3. The SMILES string of the molecule is COc1ccc(C)cc1NC(=O)Cn1nnc(-c2ccc(C(N)=O)cc2)n1. The fourth-order valence-electron chi connectivity index (χ4n) is 2.45. The van der Waals surface area contributed by atoms with Gasteiger partial charge in [-0.15, -0.1) is 10.2 Å². The molecule has 0 unspecified atom stereocenters. The number of benzene rings is 2. The molecule has 9 nitrogen and oxygen atoms in total. The van der Waals surface area contributed by atoms with Crippen LogP contribution in [0.15, 0.2) is 42.5 Å². The van der Waals surface area contributed by atoms with Gasteiger partial charge in [0.15, 0.2) is 0 Å². The van der Waals surface area contributed by atoms with Gasteiger partial charge in [-0.1, -0.05) is 18.2 Å². The standard InChI is InChI=1S/C18H18N6O3/c1-11-3-8-15(27-2)14(9-11)20-16(25)10-24-22-18(21-23-24)13-6-4-12(5-7-13)17(19)26/h3-9H,10H2,1-2H3,(H2,19,26)(H,20,25). The van der Waals surface area contributed by atoms with Crippen LogP contribution in [0.2, 0.25) is 0 Å². The maximum absolute atomic E-state index is 12.3. The second-order valence-electron chi connectivity index (χ2n) is 5.84. The van der Waals surface area contributed by atoms with Crippen LogP contribution in [-0.2, 0) is 11.3 Å². The van der Waals surface area contributed by atoms with Crippen LogP contribution in [0, 0.1) is 6.92 Å². The molecule has 2 amide bonds. The van der Waals surface area contributed by atoms with E-state index in [4.69, 9.17) is 10.5 Å². The summed E-state index contributed by atoms with van der Waals surface area (Å²) in [7, 11) is 1.54. The van der Waals surface area contributed by atoms with E-state index < -0.39 is 5.91 Å². The number of rotatable bonds is 6. The van der Waals surface area contributed by atoms with Crippen molar-refractivity contribution < 1.29 is 14.3 Å². The number of methoxy groups -OCH3 is 1. The highest BCUT2D eigenvalue weighted by atomic mass is 16.5. The molecule has 2 aromatic carbocycles. The first kappa shape index (κ1) is 18.1. The largest absolute Gasteiger partial charge is 0.495 e. The van der Waals surface area contributed by atoms with Crippen molar-refractivity contribution in [3.8, 4) is 17.1 Å². The maximum Gasteiger partial charge on any atom is 0.248 e. The van der Waals surface area contributed by atoms with Crippen LogP contribution in [-0.4, -0.2) is 39.1 Å². The van der Waals surface area contributed by atoms with Gasteiger partial charge in [-0.2, -0.15) is 4.80 Å². The monoisotopic (exact) mass is 366 g/mol. The second-order valence-corrected chi connectivity index (χ2v) is 5.84. The number of amides is 2. The van der Waals surface area contributed by atoms with Gasteiger partial charge in [0.1, 0.15) is 12.3 Å². The van der Waals surface area contributed by atoms with E-state index in [9.17, 15) is 9.59 Å². The van der Waals surface area contributed by atoms with Gasteiger partial charge < -0.3 is 15.8 Å². The van der Waals surface area contributed by atoms with E-state index in [1.807, 2.05) is 19.1 Å². The molecule has 0 radical (unpaired) electrons. The number of carbonyl (C=O) groups excluding carboxylic acids is 2. The van der Waals surface area contributed by atoms with E-state index >= 15 is 0 Å². The molecule has 0 bridgehead atoms. The third-order valence-corrected chi connectivity index (χ3v) is 3.79. The molecular weight excluding hydrogens is 348 g/mol. The quantitative estimate of drug-likeness (QED) is 0.679. The molecule has 0 aliphatic rings. The molecule has 9 heteroatoms. The van der Waals surface area contributed by atoms with E-state index in [-0.39, 0.29) is 12.5 Å². The van der Waals surface area contributed by atoms with Crippen LogP contribution < -0.4 is 15.8 Å². The summed E-state index contributed by atoms with van der Waals surface area (Å²) in [5.41, 5.74) is 7.83. The van der Waals surface area contributed by atoms with Crippen LogP contribution in [0.5, 0.6) is 5.75 Å². The Bertz CT molecular complexity index is 981. The first-order valence-electron chi connectivity index (χ1n) is 8.09. The molecule has 0 saturated heterocycles. The molecule has 0 fully saturated rings. The minimum absolute atomic E-state index is 0.108. The zero-order valence-electron chi connectivity index (χ0n) is 14.8.